The number of rotatable bonds is 4. The molecule has 3 N–H and O–H groups in total. The summed E-state index contributed by atoms with van der Waals surface area (Å²) < 4.78 is 12.5. The van der Waals surface area contributed by atoms with Crippen molar-refractivity contribution in [2.45, 2.75) is 0 Å². The van der Waals surface area contributed by atoms with E-state index >= 15 is 0 Å². The molecule has 1 rings (SSSR count). The highest BCUT2D eigenvalue weighted by molar-refractivity contribution is 5.93. The number of nitrogens with two attached hydrogens (primary N) is 1. The van der Waals surface area contributed by atoms with Crippen LogP contribution in [0.5, 0.6) is 0 Å². The minimum atomic E-state index is -0.700. The lowest BCUT2D eigenvalue weighted by Crippen LogP contribution is -2.29. The highest BCUT2D eigenvalue weighted by atomic mass is 19.1. The van der Waals surface area contributed by atoms with Crippen molar-refractivity contribution in [3.63, 3.8) is 0 Å². The zero-order valence-corrected chi connectivity index (χ0v) is 7.70. The van der Waals surface area contributed by atoms with Crippen LogP contribution in [0.2, 0.25) is 0 Å². The molecule has 0 radical (unpaired) electrons. The van der Waals surface area contributed by atoms with Crippen LogP contribution < -0.4 is 11.2 Å². The van der Waals surface area contributed by atoms with Gasteiger partial charge in [0, 0.05) is 5.56 Å². The fourth-order valence-corrected chi connectivity index (χ4v) is 0.833. The molecular weight excluding hydrogens is 203 g/mol. The minimum Gasteiger partial charge on any atom is -0.368 e. The van der Waals surface area contributed by atoms with Crippen LogP contribution in [0.1, 0.15) is 10.4 Å². The average molecular weight is 212 g/mol. The van der Waals surface area contributed by atoms with Crippen LogP contribution in [0.4, 0.5) is 4.39 Å². The Hall–Kier alpha value is -1.95. The first-order valence-electron chi connectivity index (χ1n) is 4.05. The van der Waals surface area contributed by atoms with E-state index in [0.717, 1.165) is 12.1 Å². The van der Waals surface area contributed by atoms with Gasteiger partial charge in [-0.3, -0.25) is 14.4 Å². The van der Waals surface area contributed by atoms with Crippen molar-refractivity contribution in [3.8, 4) is 0 Å². The van der Waals surface area contributed by atoms with Gasteiger partial charge in [0.15, 0.2) is 6.61 Å². The first-order chi connectivity index (χ1) is 7.09. The third-order valence-electron chi connectivity index (χ3n) is 1.49. The Labute approximate surface area is 85.0 Å². The molecule has 0 heterocycles. The smallest absolute Gasteiger partial charge is 0.274 e. The van der Waals surface area contributed by atoms with E-state index < -0.39 is 24.2 Å². The maximum absolute atomic E-state index is 12.5. The Morgan fingerprint density at radius 3 is 2.47 bits per heavy atom. The summed E-state index contributed by atoms with van der Waals surface area (Å²) in [5, 5.41) is 0. The zero-order chi connectivity index (χ0) is 11.3. The van der Waals surface area contributed by atoms with E-state index in [1.807, 2.05) is 5.48 Å². The lowest BCUT2D eigenvalue weighted by molar-refractivity contribution is -0.124. The molecule has 0 bridgehead atoms. The van der Waals surface area contributed by atoms with E-state index in [9.17, 15) is 14.0 Å². The molecule has 0 unspecified atom stereocenters. The van der Waals surface area contributed by atoms with E-state index in [0.29, 0.717) is 0 Å². The van der Waals surface area contributed by atoms with Crippen LogP contribution in [-0.4, -0.2) is 18.4 Å². The molecule has 80 valence electrons. The second-order valence-electron chi connectivity index (χ2n) is 2.69. The molecule has 15 heavy (non-hydrogen) atoms. The van der Waals surface area contributed by atoms with Crippen LogP contribution in [-0.2, 0) is 9.63 Å². The molecule has 2 amide bonds. The van der Waals surface area contributed by atoms with Crippen molar-refractivity contribution in [1.82, 2.24) is 5.48 Å². The molecule has 5 nitrogen and oxygen atoms in total. The van der Waals surface area contributed by atoms with E-state index in [-0.39, 0.29) is 5.56 Å². The van der Waals surface area contributed by atoms with Crippen molar-refractivity contribution < 1.29 is 18.8 Å². The van der Waals surface area contributed by atoms with Gasteiger partial charge in [0.05, 0.1) is 0 Å². The fourth-order valence-electron chi connectivity index (χ4n) is 0.833. The summed E-state index contributed by atoms with van der Waals surface area (Å²) in [6.45, 7) is -0.410. The number of carbonyl (C=O) groups is 2. The van der Waals surface area contributed by atoms with Crippen molar-refractivity contribution in [3.05, 3.63) is 35.6 Å². The second-order valence-corrected chi connectivity index (χ2v) is 2.69. The largest absolute Gasteiger partial charge is 0.368 e. The molecule has 0 aliphatic rings. The Morgan fingerprint density at radius 2 is 1.93 bits per heavy atom. The number of nitrogens with one attached hydrogen (secondary N) is 1. The van der Waals surface area contributed by atoms with Gasteiger partial charge in [-0.25, -0.2) is 9.87 Å². The first-order valence-corrected chi connectivity index (χ1v) is 4.05. The summed E-state index contributed by atoms with van der Waals surface area (Å²) in [4.78, 5) is 26.0. The highest BCUT2D eigenvalue weighted by Gasteiger charge is 2.05. The molecule has 6 heteroatoms. The zero-order valence-electron chi connectivity index (χ0n) is 7.70. The molecule has 1 aromatic carbocycles. The predicted molar refractivity (Wildman–Crippen MR) is 49.0 cm³/mol. The van der Waals surface area contributed by atoms with Gasteiger partial charge >= 0.3 is 0 Å². The highest BCUT2D eigenvalue weighted by Crippen LogP contribution is 2.01. The quantitative estimate of drug-likeness (QED) is 0.688. The van der Waals surface area contributed by atoms with Crippen LogP contribution in [0.15, 0.2) is 24.3 Å². The summed E-state index contributed by atoms with van der Waals surface area (Å²) in [6, 6.07) is 4.86. The third kappa shape index (κ3) is 3.74. The van der Waals surface area contributed by atoms with Gasteiger partial charge in [-0.05, 0) is 24.3 Å². The van der Waals surface area contributed by atoms with Crippen LogP contribution >= 0.6 is 0 Å². The Balaban J connectivity index is 2.47. The number of hydroxylamine groups is 1. The number of amides is 2. The van der Waals surface area contributed by atoms with Gasteiger partial charge in [0.25, 0.3) is 5.91 Å². The second kappa shape index (κ2) is 5.06. The van der Waals surface area contributed by atoms with E-state index in [1.54, 1.807) is 0 Å². The molecule has 0 spiro atoms. The summed E-state index contributed by atoms with van der Waals surface area (Å²) in [5.41, 5.74) is 6.98. The lowest BCUT2D eigenvalue weighted by Gasteiger charge is -2.03. The Kier molecular flexibility index (Phi) is 3.75. The van der Waals surface area contributed by atoms with Gasteiger partial charge in [-0.1, -0.05) is 0 Å². The summed E-state index contributed by atoms with van der Waals surface area (Å²) in [5.74, 6) is -1.71. The average Bonchev–Trinajstić information content (AvgIpc) is 2.18. The molecule has 0 aliphatic heterocycles. The van der Waals surface area contributed by atoms with Crippen LogP contribution in [0.3, 0.4) is 0 Å². The van der Waals surface area contributed by atoms with Crippen molar-refractivity contribution in [2.24, 2.45) is 5.73 Å². The van der Waals surface area contributed by atoms with Gasteiger partial charge < -0.3 is 5.73 Å². The molecule has 0 aromatic heterocycles. The van der Waals surface area contributed by atoms with Crippen molar-refractivity contribution >= 4 is 11.8 Å². The SMILES string of the molecule is NC(=O)CONC(=O)c1ccc(F)cc1. The lowest BCUT2D eigenvalue weighted by atomic mass is 10.2. The number of hydrogen-bond acceptors (Lipinski definition) is 3. The van der Waals surface area contributed by atoms with Gasteiger partial charge in [-0.15, -0.1) is 0 Å². The number of hydrogen-bond donors (Lipinski definition) is 2. The number of primary amides is 1. The summed E-state index contributed by atoms with van der Waals surface area (Å²) in [7, 11) is 0. The Morgan fingerprint density at radius 1 is 1.33 bits per heavy atom. The summed E-state index contributed by atoms with van der Waals surface area (Å²) in [6.07, 6.45) is 0. The molecule has 0 atom stereocenters. The Bertz CT molecular complexity index is 364. The molecule has 0 aliphatic carbocycles. The molecule has 0 saturated heterocycles. The minimum absolute atomic E-state index is 0.223. The van der Waals surface area contributed by atoms with E-state index in [2.05, 4.69) is 4.84 Å². The standard InChI is InChI=1S/C9H9FN2O3/c10-7-3-1-6(2-4-7)9(14)12-15-5-8(11)13/h1-4H,5H2,(H2,11,13)(H,12,14). The first kappa shape index (κ1) is 11.1. The maximum atomic E-state index is 12.5. The van der Waals surface area contributed by atoms with Crippen LogP contribution in [0, 0.1) is 5.82 Å². The molecular formula is C9H9FN2O3. The molecule has 1 aromatic rings. The topological polar surface area (TPSA) is 81.4 Å². The normalized spacial score (nSPS) is 9.67. The van der Waals surface area contributed by atoms with Gasteiger partial charge in [-0.2, -0.15) is 0 Å². The van der Waals surface area contributed by atoms with Gasteiger partial charge in [0.1, 0.15) is 5.82 Å². The number of halogens is 1. The third-order valence-corrected chi connectivity index (χ3v) is 1.49. The number of carbonyl (C=O) groups excluding carboxylic acids is 2. The van der Waals surface area contributed by atoms with Gasteiger partial charge in [0.2, 0.25) is 5.91 Å². The monoisotopic (exact) mass is 212 g/mol. The van der Waals surface area contributed by atoms with Crippen molar-refractivity contribution in [1.29, 1.82) is 0 Å². The number of benzene rings is 1. The van der Waals surface area contributed by atoms with E-state index in [4.69, 9.17) is 5.73 Å². The molecule has 0 fully saturated rings. The predicted octanol–water partition coefficient (Wildman–Crippen LogP) is -0.0276. The fraction of sp³-hybridized carbons (Fsp3) is 0.111. The van der Waals surface area contributed by atoms with Crippen molar-refractivity contribution in [2.75, 3.05) is 6.61 Å². The van der Waals surface area contributed by atoms with Crippen LogP contribution in [0.25, 0.3) is 0 Å². The maximum Gasteiger partial charge on any atom is 0.274 e. The summed E-state index contributed by atoms with van der Waals surface area (Å²) >= 11 is 0. The van der Waals surface area contributed by atoms with E-state index in [1.165, 1.54) is 12.1 Å². The molecule has 0 saturated carbocycles.